The minimum atomic E-state index is 0.605. The highest BCUT2D eigenvalue weighted by atomic mass is 16.5. The molecule has 0 unspecified atom stereocenters. The number of aromatic nitrogens is 1. The van der Waals surface area contributed by atoms with Gasteiger partial charge >= 0.3 is 0 Å². The van der Waals surface area contributed by atoms with Crippen molar-refractivity contribution in [1.82, 2.24) is 5.16 Å². The standard InChI is InChI=1S/C13H17N3O2/c1-2-6-17-13-8-10(3-4-12(13)14)15-9-11-5-7-18-16-11/h3-5,7-8,15H,2,6,9,14H2,1H3. The summed E-state index contributed by atoms with van der Waals surface area (Å²) in [6, 6.07) is 7.45. The first-order chi connectivity index (χ1) is 8.79. The maximum Gasteiger partial charge on any atom is 0.144 e. The molecule has 1 aromatic carbocycles. The van der Waals surface area contributed by atoms with Crippen molar-refractivity contribution >= 4 is 11.4 Å². The summed E-state index contributed by atoms with van der Waals surface area (Å²) >= 11 is 0. The van der Waals surface area contributed by atoms with Crippen molar-refractivity contribution in [2.24, 2.45) is 0 Å². The molecule has 0 atom stereocenters. The Morgan fingerprint density at radius 1 is 1.39 bits per heavy atom. The minimum absolute atomic E-state index is 0.605. The Morgan fingerprint density at radius 3 is 3.00 bits per heavy atom. The van der Waals surface area contributed by atoms with Crippen LogP contribution in [0.5, 0.6) is 5.75 Å². The van der Waals surface area contributed by atoms with Gasteiger partial charge in [0.25, 0.3) is 0 Å². The molecule has 0 fully saturated rings. The van der Waals surface area contributed by atoms with Crippen LogP contribution < -0.4 is 15.8 Å². The molecule has 0 aliphatic rings. The topological polar surface area (TPSA) is 73.3 Å². The third-order valence-electron chi connectivity index (χ3n) is 2.44. The van der Waals surface area contributed by atoms with E-state index in [9.17, 15) is 0 Å². The third-order valence-corrected chi connectivity index (χ3v) is 2.44. The van der Waals surface area contributed by atoms with Gasteiger partial charge < -0.3 is 20.3 Å². The van der Waals surface area contributed by atoms with E-state index in [1.807, 2.05) is 24.3 Å². The van der Waals surface area contributed by atoms with Crippen molar-refractivity contribution < 1.29 is 9.26 Å². The van der Waals surface area contributed by atoms with E-state index in [1.54, 1.807) is 6.26 Å². The molecule has 0 saturated heterocycles. The molecule has 1 aromatic heterocycles. The van der Waals surface area contributed by atoms with Crippen LogP contribution in [0.2, 0.25) is 0 Å². The fourth-order valence-corrected chi connectivity index (χ4v) is 1.50. The lowest BCUT2D eigenvalue weighted by molar-refractivity contribution is 0.319. The van der Waals surface area contributed by atoms with Gasteiger partial charge in [-0.05, 0) is 18.6 Å². The van der Waals surface area contributed by atoms with Gasteiger partial charge in [-0.15, -0.1) is 0 Å². The third kappa shape index (κ3) is 3.16. The maximum absolute atomic E-state index is 5.84. The number of anilines is 2. The first-order valence-corrected chi connectivity index (χ1v) is 5.95. The molecule has 0 amide bonds. The van der Waals surface area contributed by atoms with E-state index in [1.165, 1.54) is 0 Å². The largest absolute Gasteiger partial charge is 0.491 e. The lowest BCUT2D eigenvalue weighted by Crippen LogP contribution is -2.02. The van der Waals surface area contributed by atoms with Gasteiger partial charge in [-0.2, -0.15) is 0 Å². The Kier molecular flexibility index (Phi) is 4.06. The van der Waals surface area contributed by atoms with E-state index in [4.69, 9.17) is 15.0 Å². The highest BCUT2D eigenvalue weighted by molar-refractivity contribution is 5.61. The Labute approximate surface area is 106 Å². The number of nitrogen functional groups attached to an aromatic ring is 1. The molecule has 0 spiro atoms. The number of hydrogen-bond acceptors (Lipinski definition) is 5. The van der Waals surface area contributed by atoms with E-state index in [-0.39, 0.29) is 0 Å². The van der Waals surface area contributed by atoms with E-state index < -0.39 is 0 Å². The Morgan fingerprint density at radius 2 is 2.28 bits per heavy atom. The quantitative estimate of drug-likeness (QED) is 0.768. The Balaban J connectivity index is 2.00. The van der Waals surface area contributed by atoms with E-state index in [2.05, 4.69) is 17.4 Å². The molecule has 1 heterocycles. The van der Waals surface area contributed by atoms with Crippen LogP contribution in [0.4, 0.5) is 11.4 Å². The second-order valence-electron chi connectivity index (χ2n) is 3.95. The predicted molar refractivity (Wildman–Crippen MR) is 70.5 cm³/mol. The summed E-state index contributed by atoms with van der Waals surface area (Å²) in [6.07, 6.45) is 2.51. The Bertz CT molecular complexity index is 483. The second kappa shape index (κ2) is 5.95. The molecule has 3 N–H and O–H groups in total. The van der Waals surface area contributed by atoms with Crippen molar-refractivity contribution in [3.05, 3.63) is 36.2 Å². The molecule has 0 bridgehead atoms. The first-order valence-electron chi connectivity index (χ1n) is 5.95. The number of rotatable bonds is 6. The van der Waals surface area contributed by atoms with Crippen LogP contribution in [-0.4, -0.2) is 11.8 Å². The van der Waals surface area contributed by atoms with Crippen LogP contribution in [-0.2, 0) is 6.54 Å². The summed E-state index contributed by atoms with van der Waals surface area (Å²) in [5.41, 5.74) is 8.28. The van der Waals surface area contributed by atoms with Gasteiger partial charge in [0.15, 0.2) is 0 Å². The van der Waals surface area contributed by atoms with Crippen LogP contribution in [0, 0.1) is 0 Å². The van der Waals surface area contributed by atoms with E-state index in [0.717, 1.165) is 17.8 Å². The lowest BCUT2D eigenvalue weighted by atomic mass is 10.2. The van der Waals surface area contributed by atoms with Crippen molar-refractivity contribution in [3.8, 4) is 5.75 Å². The van der Waals surface area contributed by atoms with Crippen molar-refractivity contribution in [3.63, 3.8) is 0 Å². The zero-order valence-corrected chi connectivity index (χ0v) is 10.3. The van der Waals surface area contributed by atoms with Crippen LogP contribution in [0.15, 0.2) is 35.1 Å². The fourth-order valence-electron chi connectivity index (χ4n) is 1.50. The van der Waals surface area contributed by atoms with Crippen LogP contribution in [0.3, 0.4) is 0 Å². The molecular formula is C13H17N3O2. The number of ether oxygens (including phenoxy) is 1. The second-order valence-corrected chi connectivity index (χ2v) is 3.95. The lowest BCUT2D eigenvalue weighted by Gasteiger charge is -2.10. The van der Waals surface area contributed by atoms with Gasteiger partial charge in [0.1, 0.15) is 17.7 Å². The average molecular weight is 247 g/mol. The SMILES string of the molecule is CCCOc1cc(NCc2ccon2)ccc1N. The molecule has 0 saturated carbocycles. The number of nitrogens with two attached hydrogens (primary N) is 1. The normalized spacial score (nSPS) is 10.3. The monoisotopic (exact) mass is 247 g/mol. The molecular weight excluding hydrogens is 230 g/mol. The molecule has 2 rings (SSSR count). The highest BCUT2D eigenvalue weighted by Gasteiger charge is 2.03. The number of nitrogens with zero attached hydrogens (tertiary/aromatic N) is 1. The fraction of sp³-hybridized carbons (Fsp3) is 0.308. The van der Waals surface area contributed by atoms with Crippen LogP contribution in [0.1, 0.15) is 19.0 Å². The number of hydrogen-bond donors (Lipinski definition) is 2. The zero-order chi connectivity index (χ0) is 12.8. The predicted octanol–water partition coefficient (Wildman–Crippen LogP) is 2.66. The van der Waals surface area contributed by atoms with E-state index in [0.29, 0.717) is 24.6 Å². The molecule has 2 aromatic rings. The van der Waals surface area contributed by atoms with Crippen molar-refractivity contribution in [1.29, 1.82) is 0 Å². The summed E-state index contributed by atoms with van der Waals surface area (Å²) in [6.45, 7) is 3.33. The summed E-state index contributed by atoms with van der Waals surface area (Å²) in [7, 11) is 0. The van der Waals surface area contributed by atoms with Crippen LogP contribution >= 0.6 is 0 Å². The van der Waals surface area contributed by atoms with E-state index >= 15 is 0 Å². The van der Waals surface area contributed by atoms with Gasteiger partial charge in [0.2, 0.25) is 0 Å². The zero-order valence-electron chi connectivity index (χ0n) is 10.3. The van der Waals surface area contributed by atoms with Gasteiger partial charge in [0, 0.05) is 17.8 Å². The number of benzene rings is 1. The maximum atomic E-state index is 5.84. The average Bonchev–Trinajstić information content (AvgIpc) is 2.89. The molecule has 5 nitrogen and oxygen atoms in total. The molecule has 0 radical (unpaired) electrons. The Hall–Kier alpha value is -2.17. The molecule has 0 aliphatic heterocycles. The molecule has 96 valence electrons. The highest BCUT2D eigenvalue weighted by Crippen LogP contribution is 2.25. The smallest absolute Gasteiger partial charge is 0.144 e. The van der Waals surface area contributed by atoms with Crippen LogP contribution in [0.25, 0.3) is 0 Å². The molecule has 0 aliphatic carbocycles. The molecule has 18 heavy (non-hydrogen) atoms. The number of nitrogens with one attached hydrogen (secondary N) is 1. The van der Waals surface area contributed by atoms with Crippen molar-refractivity contribution in [2.45, 2.75) is 19.9 Å². The summed E-state index contributed by atoms with van der Waals surface area (Å²) in [5.74, 6) is 0.710. The summed E-state index contributed by atoms with van der Waals surface area (Å²) in [5, 5.41) is 7.06. The minimum Gasteiger partial charge on any atom is -0.491 e. The summed E-state index contributed by atoms with van der Waals surface area (Å²) < 4.78 is 10.3. The van der Waals surface area contributed by atoms with Gasteiger partial charge in [0.05, 0.1) is 18.8 Å². The summed E-state index contributed by atoms with van der Waals surface area (Å²) in [4.78, 5) is 0. The van der Waals surface area contributed by atoms with Gasteiger partial charge in [-0.25, -0.2) is 0 Å². The molecule has 5 heteroatoms. The van der Waals surface area contributed by atoms with Crippen molar-refractivity contribution in [2.75, 3.05) is 17.7 Å². The van der Waals surface area contributed by atoms with Gasteiger partial charge in [-0.1, -0.05) is 12.1 Å². The van der Waals surface area contributed by atoms with Gasteiger partial charge in [-0.3, -0.25) is 0 Å². The first kappa shape index (κ1) is 12.3.